The summed E-state index contributed by atoms with van der Waals surface area (Å²) in [4.78, 5) is 8.15. The molecular formula is C10H13N5S. The lowest BCUT2D eigenvalue weighted by molar-refractivity contribution is 0.659. The molecule has 6 heteroatoms. The maximum absolute atomic E-state index is 5.70. The number of nitrogen functional groups attached to an aromatic ring is 1. The molecule has 16 heavy (non-hydrogen) atoms. The summed E-state index contributed by atoms with van der Waals surface area (Å²) < 4.78 is 1.90. The maximum atomic E-state index is 5.70. The predicted octanol–water partition coefficient (Wildman–Crippen LogP) is 1.57. The van der Waals surface area contributed by atoms with Crippen molar-refractivity contribution in [3.8, 4) is 0 Å². The molecule has 0 saturated heterocycles. The number of hydrogen-bond acceptors (Lipinski definition) is 5. The minimum Gasteiger partial charge on any atom is -0.381 e. The number of aryl methyl sites for hydroxylation is 1. The summed E-state index contributed by atoms with van der Waals surface area (Å²) in [5.74, 6) is 1.29. The molecule has 0 aliphatic heterocycles. The highest BCUT2D eigenvalue weighted by atomic mass is 32.2. The van der Waals surface area contributed by atoms with Crippen molar-refractivity contribution in [1.29, 1.82) is 0 Å². The van der Waals surface area contributed by atoms with Crippen molar-refractivity contribution in [2.75, 3.05) is 5.73 Å². The Bertz CT molecular complexity index is 468. The second-order valence-electron chi connectivity index (χ2n) is 3.24. The third-order valence-electron chi connectivity index (χ3n) is 2.08. The summed E-state index contributed by atoms with van der Waals surface area (Å²) in [6.45, 7) is 2.95. The van der Waals surface area contributed by atoms with E-state index in [9.17, 15) is 0 Å². The first-order valence-electron chi connectivity index (χ1n) is 5.00. The predicted molar refractivity (Wildman–Crippen MR) is 63.9 cm³/mol. The molecule has 5 nitrogen and oxygen atoms in total. The van der Waals surface area contributed by atoms with Crippen LogP contribution in [0.4, 0.5) is 5.82 Å². The summed E-state index contributed by atoms with van der Waals surface area (Å²) in [5.41, 5.74) is 6.86. The Kier molecular flexibility index (Phi) is 3.40. The van der Waals surface area contributed by atoms with Crippen molar-refractivity contribution >= 4 is 17.6 Å². The first-order valence-corrected chi connectivity index (χ1v) is 5.98. The quantitative estimate of drug-likeness (QED) is 0.814. The first-order chi connectivity index (χ1) is 7.79. The monoisotopic (exact) mass is 235 g/mol. The van der Waals surface area contributed by atoms with Crippen molar-refractivity contribution < 1.29 is 0 Å². The Balaban J connectivity index is 1.99. The summed E-state index contributed by atoms with van der Waals surface area (Å²) in [6, 6.07) is 0. The van der Waals surface area contributed by atoms with Gasteiger partial charge < -0.3 is 5.73 Å². The molecular weight excluding hydrogens is 222 g/mol. The summed E-state index contributed by atoms with van der Waals surface area (Å²) in [6.07, 6.45) is 7.13. The van der Waals surface area contributed by atoms with Gasteiger partial charge >= 0.3 is 0 Å². The molecule has 2 aromatic heterocycles. The van der Waals surface area contributed by atoms with Gasteiger partial charge in [-0.15, -0.1) is 0 Å². The second-order valence-corrected chi connectivity index (χ2v) is 4.20. The zero-order valence-corrected chi connectivity index (χ0v) is 9.81. The Hall–Kier alpha value is -1.56. The fourth-order valence-electron chi connectivity index (χ4n) is 1.25. The molecule has 2 rings (SSSR count). The number of rotatable bonds is 4. The van der Waals surface area contributed by atoms with Crippen LogP contribution in [0.5, 0.6) is 0 Å². The van der Waals surface area contributed by atoms with Gasteiger partial charge in [0.05, 0.1) is 6.20 Å². The Morgan fingerprint density at radius 2 is 2.19 bits per heavy atom. The van der Waals surface area contributed by atoms with Gasteiger partial charge in [-0.1, -0.05) is 11.8 Å². The minimum atomic E-state index is 0.482. The molecule has 0 atom stereocenters. The number of anilines is 1. The molecule has 0 amide bonds. The van der Waals surface area contributed by atoms with Gasteiger partial charge in [0.1, 0.15) is 5.03 Å². The highest BCUT2D eigenvalue weighted by molar-refractivity contribution is 7.98. The lowest BCUT2D eigenvalue weighted by Crippen LogP contribution is -1.94. The second kappa shape index (κ2) is 4.98. The molecule has 2 N–H and O–H groups in total. The highest BCUT2D eigenvalue weighted by Gasteiger charge is 2.03. The molecule has 0 aromatic carbocycles. The molecule has 0 fully saturated rings. The molecule has 0 spiro atoms. The number of nitrogens with two attached hydrogens (primary N) is 1. The smallest absolute Gasteiger partial charge is 0.156 e. The van der Waals surface area contributed by atoms with Gasteiger partial charge in [-0.3, -0.25) is 4.68 Å². The van der Waals surface area contributed by atoms with E-state index < -0.39 is 0 Å². The summed E-state index contributed by atoms with van der Waals surface area (Å²) >= 11 is 1.57. The van der Waals surface area contributed by atoms with Crippen molar-refractivity contribution in [2.24, 2.45) is 0 Å². The van der Waals surface area contributed by atoms with Crippen LogP contribution in [0.15, 0.2) is 29.8 Å². The SMILES string of the molecule is CCn1cc(CSc2nccnc2N)cn1. The van der Waals surface area contributed by atoms with Crippen LogP contribution in [0.3, 0.4) is 0 Å². The van der Waals surface area contributed by atoms with Crippen molar-refractivity contribution in [3.63, 3.8) is 0 Å². The first kappa shape index (κ1) is 10.9. The average Bonchev–Trinajstić information content (AvgIpc) is 2.76. The maximum Gasteiger partial charge on any atom is 0.156 e. The van der Waals surface area contributed by atoms with Gasteiger partial charge in [-0.05, 0) is 6.92 Å². The van der Waals surface area contributed by atoms with Crippen LogP contribution < -0.4 is 5.73 Å². The van der Waals surface area contributed by atoms with Gasteiger partial charge in [0, 0.05) is 36.5 Å². The van der Waals surface area contributed by atoms with Gasteiger partial charge in [0.2, 0.25) is 0 Å². The van der Waals surface area contributed by atoms with E-state index >= 15 is 0 Å². The van der Waals surface area contributed by atoms with E-state index in [1.165, 1.54) is 0 Å². The van der Waals surface area contributed by atoms with Crippen molar-refractivity contribution in [1.82, 2.24) is 19.7 Å². The number of aromatic nitrogens is 4. The Morgan fingerprint density at radius 1 is 1.38 bits per heavy atom. The summed E-state index contributed by atoms with van der Waals surface area (Å²) in [5, 5.41) is 4.98. The fraction of sp³-hybridized carbons (Fsp3) is 0.300. The molecule has 84 valence electrons. The van der Waals surface area contributed by atoms with Gasteiger partial charge in [-0.25, -0.2) is 9.97 Å². The normalized spacial score (nSPS) is 10.6. The van der Waals surface area contributed by atoms with E-state index in [2.05, 4.69) is 22.0 Å². The third kappa shape index (κ3) is 2.52. The van der Waals surface area contributed by atoms with E-state index in [-0.39, 0.29) is 0 Å². The molecule has 0 bridgehead atoms. The molecule has 0 saturated carbocycles. The third-order valence-corrected chi connectivity index (χ3v) is 3.14. The van der Waals surface area contributed by atoms with Crippen LogP contribution in [0, 0.1) is 0 Å². The average molecular weight is 235 g/mol. The van der Waals surface area contributed by atoms with E-state index in [0.29, 0.717) is 5.82 Å². The highest BCUT2D eigenvalue weighted by Crippen LogP contribution is 2.23. The molecule has 2 aromatic rings. The van der Waals surface area contributed by atoms with Crippen molar-refractivity contribution in [2.45, 2.75) is 24.2 Å². The number of thioether (sulfide) groups is 1. The van der Waals surface area contributed by atoms with Crippen LogP contribution >= 0.6 is 11.8 Å². The topological polar surface area (TPSA) is 69.6 Å². The molecule has 0 radical (unpaired) electrons. The van der Waals surface area contributed by atoms with Crippen molar-refractivity contribution in [3.05, 3.63) is 30.4 Å². The summed E-state index contributed by atoms with van der Waals surface area (Å²) in [7, 11) is 0. The lowest BCUT2D eigenvalue weighted by Gasteiger charge is -2.00. The fourth-order valence-corrected chi connectivity index (χ4v) is 2.04. The van der Waals surface area contributed by atoms with E-state index in [0.717, 1.165) is 22.9 Å². The standard InChI is InChI=1S/C10H13N5S/c1-2-15-6-8(5-14-15)7-16-10-9(11)12-3-4-13-10/h3-6H,2,7H2,1H3,(H2,11,12). The zero-order valence-electron chi connectivity index (χ0n) is 9.00. The number of nitrogens with zero attached hydrogens (tertiary/aromatic N) is 4. The molecule has 0 aliphatic rings. The molecule has 0 unspecified atom stereocenters. The van der Waals surface area contributed by atoms with Crippen LogP contribution in [0.25, 0.3) is 0 Å². The largest absolute Gasteiger partial charge is 0.381 e. The number of hydrogen-bond donors (Lipinski definition) is 1. The molecule has 0 aliphatic carbocycles. The van der Waals surface area contributed by atoms with Crippen LogP contribution in [0.1, 0.15) is 12.5 Å². The van der Waals surface area contributed by atoms with E-state index in [1.807, 2.05) is 17.1 Å². The zero-order chi connectivity index (χ0) is 11.4. The van der Waals surface area contributed by atoms with Crippen LogP contribution in [-0.4, -0.2) is 19.7 Å². The van der Waals surface area contributed by atoms with Gasteiger partial charge in [0.15, 0.2) is 5.82 Å². The Labute approximate surface area is 98.1 Å². The van der Waals surface area contributed by atoms with Crippen LogP contribution in [0.2, 0.25) is 0 Å². The lowest BCUT2D eigenvalue weighted by atomic mass is 10.4. The van der Waals surface area contributed by atoms with E-state index in [4.69, 9.17) is 5.73 Å². The van der Waals surface area contributed by atoms with Gasteiger partial charge in [-0.2, -0.15) is 5.10 Å². The minimum absolute atomic E-state index is 0.482. The Morgan fingerprint density at radius 3 is 2.88 bits per heavy atom. The van der Waals surface area contributed by atoms with Crippen LogP contribution in [-0.2, 0) is 12.3 Å². The van der Waals surface area contributed by atoms with Gasteiger partial charge in [0.25, 0.3) is 0 Å². The van der Waals surface area contributed by atoms with E-state index in [1.54, 1.807) is 24.2 Å². The molecule has 2 heterocycles.